The lowest BCUT2D eigenvalue weighted by atomic mass is 10.3. The Hall–Kier alpha value is -1.63. The monoisotopic (exact) mass is 149 g/mol. The first-order valence-corrected chi connectivity index (χ1v) is 3.26. The van der Waals surface area contributed by atoms with E-state index < -0.39 is 0 Å². The summed E-state index contributed by atoms with van der Waals surface area (Å²) < 4.78 is 0. The van der Waals surface area contributed by atoms with Crippen molar-refractivity contribution < 1.29 is 0 Å². The topological polar surface area (TPSA) is 69.5 Å². The molecule has 1 aromatic rings. The third-order valence-corrected chi connectivity index (χ3v) is 1.31. The van der Waals surface area contributed by atoms with Crippen LogP contribution in [0.15, 0.2) is 11.0 Å². The fourth-order valence-electron chi connectivity index (χ4n) is 0.743. The van der Waals surface area contributed by atoms with Gasteiger partial charge < -0.3 is 4.98 Å². The molecule has 1 N–H and O–H groups in total. The number of aryl methyl sites for hydroxylation is 1. The molecule has 0 fully saturated rings. The van der Waals surface area contributed by atoms with E-state index in [1.165, 1.54) is 6.20 Å². The van der Waals surface area contributed by atoms with E-state index in [-0.39, 0.29) is 11.3 Å². The number of nitrogens with zero attached hydrogens (tertiary/aromatic N) is 2. The van der Waals surface area contributed by atoms with Gasteiger partial charge in [-0.25, -0.2) is 4.98 Å². The zero-order valence-electron chi connectivity index (χ0n) is 6.09. The standard InChI is InChI=1S/C7H7N3O/c1-2-6-7(11)9-4-5(3-8)10-6/h4H,2H2,1H3,(H,9,11). The maximum Gasteiger partial charge on any atom is 0.269 e. The minimum absolute atomic E-state index is 0.216. The van der Waals surface area contributed by atoms with E-state index in [9.17, 15) is 4.79 Å². The van der Waals surface area contributed by atoms with Crippen LogP contribution in [0.5, 0.6) is 0 Å². The summed E-state index contributed by atoms with van der Waals surface area (Å²) in [6, 6.07) is 1.85. The Balaban J connectivity index is 3.26. The average Bonchev–Trinajstić information content (AvgIpc) is 2.05. The largest absolute Gasteiger partial charge is 0.325 e. The molecule has 0 saturated carbocycles. The fourth-order valence-corrected chi connectivity index (χ4v) is 0.743. The lowest BCUT2D eigenvalue weighted by Gasteiger charge is -1.92. The first-order chi connectivity index (χ1) is 5.27. The van der Waals surface area contributed by atoms with Crippen molar-refractivity contribution in [2.24, 2.45) is 0 Å². The highest BCUT2D eigenvalue weighted by molar-refractivity contribution is 5.17. The Morgan fingerprint density at radius 2 is 2.55 bits per heavy atom. The molecule has 1 aromatic heterocycles. The normalized spacial score (nSPS) is 9.09. The quantitative estimate of drug-likeness (QED) is 0.620. The zero-order chi connectivity index (χ0) is 8.27. The number of hydrogen-bond acceptors (Lipinski definition) is 3. The van der Waals surface area contributed by atoms with Crippen LogP contribution in [0.4, 0.5) is 0 Å². The van der Waals surface area contributed by atoms with Gasteiger partial charge in [0, 0.05) is 6.20 Å². The van der Waals surface area contributed by atoms with Crippen molar-refractivity contribution in [3.05, 3.63) is 27.9 Å². The molecule has 0 unspecified atom stereocenters. The number of nitriles is 1. The van der Waals surface area contributed by atoms with Crippen LogP contribution in [0, 0.1) is 11.3 Å². The molecule has 0 amide bonds. The minimum atomic E-state index is -0.216. The molecule has 0 aliphatic carbocycles. The Bertz CT molecular complexity index is 347. The lowest BCUT2D eigenvalue weighted by Crippen LogP contribution is -2.14. The summed E-state index contributed by atoms with van der Waals surface area (Å²) in [6.07, 6.45) is 1.85. The van der Waals surface area contributed by atoms with Crippen LogP contribution in [0.25, 0.3) is 0 Å². The molecule has 11 heavy (non-hydrogen) atoms. The first-order valence-electron chi connectivity index (χ1n) is 3.26. The van der Waals surface area contributed by atoms with Crippen LogP contribution in [0.1, 0.15) is 18.3 Å². The molecule has 1 rings (SSSR count). The molecule has 0 atom stereocenters. The number of rotatable bonds is 1. The van der Waals surface area contributed by atoms with Gasteiger partial charge in [-0.05, 0) is 6.42 Å². The summed E-state index contributed by atoms with van der Waals surface area (Å²) in [5, 5.41) is 8.41. The number of hydrogen-bond donors (Lipinski definition) is 1. The number of H-pyrrole nitrogens is 1. The van der Waals surface area contributed by atoms with Crippen LogP contribution < -0.4 is 5.56 Å². The van der Waals surface area contributed by atoms with Crippen molar-refractivity contribution in [2.75, 3.05) is 0 Å². The molecule has 0 radical (unpaired) electrons. The molecule has 0 saturated heterocycles. The van der Waals surface area contributed by atoms with Crippen LogP contribution in [0.2, 0.25) is 0 Å². The molecular weight excluding hydrogens is 142 g/mol. The third-order valence-electron chi connectivity index (χ3n) is 1.31. The fraction of sp³-hybridized carbons (Fsp3) is 0.286. The summed E-state index contributed by atoms with van der Waals surface area (Å²) in [6.45, 7) is 1.82. The van der Waals surface area contributed by atoms with Crippen LogP contribution in [0.3, 0.4) is 0 Å². The van der Waals surface area contributed by atoms with E-state index in [1.807, 2.05) is 13.0 Å². The van der Waals surface area contributed by atoms with E-state index in [4.69, 9.17) is 5.26 Å². The molecule has 4 heteroatoms. The molecule has 0 bridgehead atoms. The minimum Gasteiger partial charge on any atom is -0.325 e. The molecule has 1 heterocycles. The van der Waals surface area contributed by atoms with Gasteiger partial charge in [-0.1, -0.05) is 6.92 Å². The molecule has 56 valence electrons. The van der Waals surface area contributed by atoms with E-state index >= 15 is 0 Å². The summed E-state index contributed by atoms with van der Waals surface area (Å²) in [5.41, 5.74) is 0.442. The average molecular weight is 149 g/mol. The van der Waals surface area contributed by atoms with Crippen LogP contribution >= 0.6 is 0 Å². The van der Waals surface area contributed by atoms with Crippen molar-refractivity contribution >= 4 is 0 Å². The van der Waals surface area contributed by atoms with Crippen LogP contribution in [-0.4, -0.2) is 9.97 Å². The van der Waals surface area contributed by atoms with Gasteiger partial charge in [-0.15, -0.1) is 0 Å². The predicted molar refractivity (Wildman–Crippen MR) is 39.0 cm³/mol. The van der Waals surface area contributed by atoms with Crippen molar-refractivity contribution in [3.8, 4) is 6.07 Å². The Labute approximate surface area is 63.5 Å². The van der Waals surface area contributed by atoms with Gasteiger partial charge in [-0.3, -0.25) is 4.79 Å². The Morgan fingerprint density at radius 3 is 3.09 bits per heavy atom. The summed E-state index contributed by atoms with van der Waals surface area (Å²) in [7, 11) is 0. The summed E-state index contributed by atoms with van der Waals surface area (Å²) >= 11 is 0. The summed E-state index contributed by atoms with van der Waals surface area (Å²) in [4.78, 5) is 17.1. The highest BCUT2D eigenvalue weighted by atomic mass is 16.1. The molecule has 0 aliphatic rings. The van der Waals surface area contributed by atoms with Gasteiger partial charge in [0.2, 0.25) is 0 Å². The van der Waals surface area contributed by atoms with E-state index in [0.717, 1.165) is 0 Å². The SMILES string of the molecule is CCc1nc(C#N)c[nH]c1=O. The van der Waals surface area contributed by atoms with Gasteiger partial charge in [-0.2, -0.15) is 5.26 Å². The predicted octanol–water partition coefficient (Wildman–Crippen LogP) is 0.204. The number of nitrogens with one attached hydrogen (secondary N) is 1. The van der Waals surface area contributed by atoms with Crippen molar-refractivity contribution in [2.45, 2.75) is 13.3 Å². The summed E-state index contributed by atoms with van der Waals surface area (Å²) in [5.74, 6) is 0. The van der Waals surface area contributed by atoms with Gasteiger partial charge in [0.15, 0.2) is 5.69 Å². The smallest absolute Gasteiger partial charge is 0.269 e. The molecular formula is C7H7N3O. The van der Waals surface area contributed by atoms with E-state index in [0.29, 0.717) is 12.1 Å². The Kier molecular flexibility index (Phi) is 2.02. The van der Waals surface area contributed by atoms with Crippen molar-refractivity contribution in [3.63, 3.8) is 0 Å². The van der Waals surface area contributed by atoms with Crippen molar-refractivity contribution in [1.82, 2.24) is 9.97 Å². The number of aromatic nitrogens is 2. The first kappa shape index (κ1) is 7.48. The van der Waals surface area contributed by atoms with Gasteiger partial charge in [0.1, 0.15) is 11.8 Å². The second-order valence-corrected chi connectivity index (χ2v) is 2.03. The van der Waals surface area contributed by atoms with Gasteiger partial charge >= 0.3 is 0 Å². The lowest BCUT2D eigenvalue weighted by molar-refractivity contribution is 0.952. The highest BCUT2D eigenvalue weighted by Crippen LogP contribution is 1.89. The van der Waals surface area contributed by atoms with Crippen molar-refractivity contribution in [1.29, 1.82) is 5.26 Å². The Morgan fingerprint density at radius 1 is 1.82 bits per heavy atom. The molecule has 4 nitrogen and oxygen atoms in total. The van der Waals surface area contributed by atoms with E-state index in [2.05, 4.69) is 9.97 Å². The second-order valence-electron chi connectivity index (χ2n) is 2.03. The van der Waals surface area contributed by atoms with Gasteiger partial charge in [0.05, 0.1) is 0 Å². The molecule has 0 spiro atoms. The zero-order valence-corrected chi connectivity index (χ0v) is 6.09. The van der Waals surface area contributed by atoms with E-state index in [1.54, 1.807) is 0 Å². The molecule has 0 aromatic carbocycles. The maximum absolute atomic E-state index is 10.9. The highest BCUT2D eigenvalue weighted by Gasteiger charge is 1.98. The third kappa shape index (κ3) is 1.44. The second kappa shape index (κ2) is 2.97. The number of aromatic amines is 1. The van der Waals surface area contributed by atoms with Gasteiger partial charge in [0.25, 0.3) is 5.56 Å². The van der Waals surface area contributed by atoms with Crippen LogP contribution in [-0.2, 0) is 6.42 Å². The molecule has 0 aliphatic heterocycles. The maximum atomic E-state index is 10.9.